The van der Waals surface area contributed by atoms with Gasteiger partial charge in [0.05, 0.1) is 11.4 Å². The van der Waals surface area contributed by atoms with Crippen molar-refractivity contribution in [2.75, 3.05) is 6.54 Å². The summed E-state index contributed by atoms with van der Waals surface area (Å²) in [6, 6.07) is 8.92. The number of aromatic nitrogens is 2. The van der Waals surface area contributed by atoms with Gasteiger partial charge in [-0.3, -0.25) is 9.59 Å². The van der Waals surface area contributed by atoms with Crippen molar-refractivity contribution in [3.05, 3.63) is 47.3 Å². The molecule has 6 nitrogen and oxygen atoms in total. The van der Waals surface area contributed by atoms with Gasteiger partial charge in [0, 0.05) is 17.3 Å². The zero-order valence-corrected chi connectivity index (χ0v) is 14.5. The average Bonchev–Trinajstić information content (AvgIpc) is 2.89. The van der Waals surface area contributed by atoms with Crippen LogP contribution in [0, 0.1) is 13.8 Å². The van der Waals surface area contributed by atoms with E-state index < -0.39 is 5.97 Å². The number of rotatable bonds is 6. The maximum absolute atomic E-state index is 12.6. The topological polar surface area (TPSA) is 75.4 Å². The third-order valence-corrected chi connectivity index (χ3v) is 4.06. The summed E-state index contributed by atoms with van der Waals surface area (Å²) in [5.74, 6) is -1.28. The van der Waals surface area contributed by atoms with Crippen molar-refractivity contribution in [2.45, 2.75) is 40.2 Å². The molecule has 0 bridgehead atoms. The highest BCUT2D eigenvalue weighted by Crippen LogP contribution is 2.16. The zero-order chi connectivity index (χ0) is 17.9. The van der Waals surface area contributed by atoms with Gasteiger partial charge in [-0.05, 0) is 57.5 Å². The number of carbonyl (C=O) groups is 2. The molecule has 1 unspecified atom stereocenters. The minimum Gasteiger partial charge on any atom is -0.480 e. The molecule has 0 saturated heterocycles. The number of hydrogen-bond acceptors (Lipinski definition) is 3. The number of benzene rings is 1. The van der Waals surface area contributed by atoms with Gasteiger partial charge >= 0.3 is 5.97 Å². The second-order valence-electron chi connectivity index (χ2n) is 5.97. The Bertz CT molecular complexity index is 734. The molecule has 1 atom stereocenters. The van der Waals surface area contributed by atoms with Gasteiger partial charge in [-0.2, -0.15) is 5.10 Å². The molecule has 1 aromatic heterocycles. The number of amides is 1. The molecular formula is C18H23N3O3. The van der Waals surface area contributed by atoms with Crippen LogP contribution in [0.15, 0.2) is 30.3 Å². The third kappa shape index (κ3) is 3.82. The van der Waals surface area contributed by atoms with Gasteiger partial charge < -0.3 is 10.0 Å². The number of carboxylic acids is 1. The first-order valence-electron chi connectivity index (χ1n) is 8.00. The lowest BCUT2D eigenvalue weighted by atomic mass is 10.1. The minimum absolute atomic E-state index is 0.135. The molecule has 1 amide bonds. The van der Waals surface area contributed by atoms with Gasteiger partial charge in [0.1, 0.15) is 6.54 Å². The van der Waals surface area contributed by atoms with Gasteiger partial charge in [0.2, 0.25) is 0 Å². The van der Waals surface area contributed by atoms with Crippen LogP contribution in [-0.2, 0) is 4.79 Å². The standard InChI is InChI=1S/C18H23N3O3/c1-5-13(3)20(11-17(22)23)18(24)15-6-8-16(9-7-15)21-14(4)10-12(2)19-21/h6-10,13H,5,11H2,1-4H3,(H,22,23). The summed E-state index contributed by atoms with van der Waals surface area (Å²) in [7, 11) is 0. The van der Waals surface area contributed by atoms with E-state index in [1.807, 2.05) is 50.6 Å². The number of aryl methyl sites for hydroxylation is 2. The van der Waals surface area contributed by atoms with Crippen molar-refractivity contribution in [2.24, 2.45) is 0 Å². The van der Waals surface area contributed by atoms with Crippen LogP contribution in [0.2, 0.25) is 0 Å². The summed E-state index contributed by atoms with van der Waals surface area (Å²) in [5.41, 5.74) is 3.28. The minimum atomic E-state index is -1.01. The summed E-state index contributed by atoms with van der Waals surface area (Å²) in [5, 5.41) is 13.5. The predicted molar refractivity (Wildman–Crippen MR) is 91.5 cm³/mol. The number of carbonyl (C=O) groups excluding carboxylic acids is 1. The molecule has 6 heteroatoms. The quantitative estimate of drug-likeness (QED) is 0.884. The van der Waals surface area contributed by atoms with Crippen LogP contribution >= 0.6 is 0 Å². The number of carboxylic acid groups (broad SMARTS) is 1. The maximum atomic E-state index is 12.6. The van der Waals surface area contributed by atoms with Crippen LogP contribution in [0.25, 0.3) is 5.69 Å². The molecule has 0 fully saturated rings. The first-order valence-corrected chi connectivity index (χ1v) is 8.00. The van der Waals surface area contributed by atoms with E-state index in [0.29, 0.717) is 12.0 Å². The number of aliphatic carboxylic acids is 1. The summed E-state index contributed by atoms with van der Waals surface area (Å²) in [6.07, 6.45) is 0.697. The van der Waals surface area contributed by atoms with E-state index in [1.165, 1.54) is 4.90 Å². The Morgan fingerprint density at radius 3 is 2.33 bits per heavy atom. The molecule has 1 N–H and O–H groups in total. The average molecular weight is 329 g/mol. The van der Waals surface area contributed by atoms with Crippen LogP contribution in [-0.4, -0.2) is 44.3 Å². The van der Waals surface area contributed by atoms with Crippen molar-refractivity contribution >= 4 is 11.9 Å². The van der Waals surface area contributed by atoms with Crippen molar-refractivity contribution in [1.82, 2.24) is 14.7 Å². The largest absolute Gasteiger partial charge is 0.480 e. The molecule has 2 aromatic rings. The van der Waals surface area contributed by atoms with E-state index >= 15 is 0 Å². The van der Waals surface area contributed by atoms with Crippen LogP contribution in [0.1, 0.15) is 42.0 Å². The molecule has 0 saturated carbocycles. The van der Waals surface area contributed by atoms with Crippen LogP contribution < -0.4 is 0 Å². The highest BCUT2D eigenvalue weighted by Gasteiger charge is 2.22. The molecule has 2 rings (SSSR count). The molecule has 0 aliphatic rings. The number of hydrogen-bond donors (Lipinski definition) is 1. The first-order chi connectivity index (χ1) is 11.3. The second-order valence-corrected chi connectivity index (χ2v) is 5.97. The van der Waals surface area contributed by atoms with E-state index in [-0.39, 0.29) is 18.5 Å². The fourth-order valence-corrected chi connectivity index (χ4v) is 2.60. The van der Waals surface area contributed by atoms with E-state index in [2.05, 4.69) is 5.10 Å². The predicted octanol–water partition coefficient (Wildman–Crippen LogP) is 2.81. The molecule has 0 aliphatic carbocycles. The molecule has 1 heterocycles. The lowest BCUT2D eigenvalue weighted by molar-refractivity contribution is -0.138. The Kier molecular flexibility index (Phi) is 5.39. The maximum Gasteiger partial charge on any atom is 0.323 e. The van der Waals surface area contributed by atoms with Crippen LogP contribution in [0.5, 0.6) is 0 Å². The van der Waals surface area contributed by atoms with E-state index in [9.17, 15) is 9.59 Å². The fraction of sp³-hybridized carbons (Fsp3) is 0.389. The normalized spacial score (nSPS) is 12.0. The molecule has 1 aromatic carbocycles. The Morgan fingerprint density at radius 2 is 1.88 bits per heavy atom. The van der Waals surface area contributed by atoms with Crippen molar-refractivity contribution in [3.8, 4) is 5.69 Å². The lowest BCUT2D eigenvalue weighted by Crippen LogP contribution is -2.41. The molecule has 0 aliphatic heterocycles. The van der Waals surface area contributed by atoms with Gasteiger partial charge in [0.15, 0.2) is 0 Å². The summed E-state index contributed by atoms with van der Waals surface area (Å²) >= 11 is 0. The molecule has 24 heavy (non-hydrogen) atoms. The first kappa shape index (κ1) is 17.7. The van der Waals surface area contributed by atoms with Gasteiger partial charge in [-0.1, -0.05) is 6.92 Å². The van der Waals surface area contributed by atoms with Gasteiger partial charge in [-0.15, -0.1) is 0 Å². The summed E-state index contributed by atoms with van der Waals surface area (Å²) in [6.45, 7) is 7.38. The molecular weight excluding hydrogens is 306 g/mol. The van der Waals surface area contributed by atoms with Crippen molar-refractivity contribution in [3.63, 3.8) is 0 Å². The van der Waals surface area contributed by atoms with E-state index in [4.69, 9.17) is 5.11 Å². The Morgan fingerprint density at radius 1 is 1.25 bits per heavy atom. The fourth-order valence-electron chi connectivity index (χ4n) is 2.60. The van der Waals surface area contributed by atoms with Gasteiger partial charge in [0.25, 0.3) is 5.91 Å². The zero-order valence-electron chi connectivity index (χ0n) is 14.5. The molecule has 0 spiro atoms. The van der Waals surface area contributed by atoms with Crippen molar-refractivity contribution < 1.29 is 14.7 Å². The van der Waals surface area contributed by atoms with Crippen LogP contribution in [0.3, 0.4) is 0 Å². The highest BCUT2D eigenvalue weighted by molar-refractivity contribution is 5.96. The third-order valence-electron chi connectivity index (χ3n) is 4.06. The summed E-state index contributed by atoms with van der Waals surface area (Å²) in [4.78, 5) is 25.1. The Balaban J connectivity index is 2.26. The number of nitrogens with zero attached hydrogens (tertiary/aromatic N) is 3. The van der Waals surface area contributed by atoms with E-state index in [0.717, 1.165) is 17.1 Å². The molecule has 128 valence electrons. The lowest BCUT2D eigenvalue weighted by Gasteiger charge is -2.27. The Hall–Kier alpha value is -2.63. The second kappa shape index (κ2) is 7.29. The van der Waals surface area contributed by atoms with E-state index in [1.54, 1.807) is 12.1 Å². The highest BCUT2D eigenvalue weighted by atomic mass is 16.4. The molecule has 0 radical (unpaired) electrons. The Labute approximate surface area is 141 Å². The van der Waals surface area contributed by atoms with Gasteiger partial charge in [-0.25, -0.2) is 4.68 Å². The summed E-state index contributed by atoms with van der Waals surface area (Å²) < 4.78 is 1.81. The SMILES string of the molecule is CCC(C)N(CC(=O)O)C(=O)c1ccc(-n2nc(C)cc2C)cc1. The van der Waals surface area contributed by atoms with Crippen molar-refractivity contribution in [1.29, 1.82) is 0 Å². The smallest absolute Gasteiger partial charge is 0.323 e. The van der Waals surface area contributed by atoms with Crippen LogP contribution in [0.4, 0.5) is 0 Å². The monoisotopic (exact) mass is 329 g/mol.